The van der Waals surface area contributed by atoms with Gasteiger partial charge in [0.2, 0.25) is 0 Å². The molecule has 0 aliphatic carbocycles. The highest BCUT2D eigenvalue weighted by molar-refractivity contribution is 6.01. The molecule has 4 nitrogen and oxygen atoms in total. The van der Waals surface area contributed by atoms with Gasteiger partial charge in [0.05, 0.1) is 29.7 Å². The van der Waals surface area contributed by atoms with E-state index >= 15 is 0 Å². The van der Waals surface area contributed by atoms with Crippen molar-refractivity contribution in [3.63, 3.8) is 0 Å². The lowest BCUT2D eigenvalue weighted by Crippen LogP contribution is -2.25. The van der Waals surface area contributed by atoms with Gasteiger partial charge >= 0.3 is 0 Å². The third-order valence-electron chi connectivity index (χ3n) is 5.93. The lowest BCUT2D eigenvalue weighted by atomic mass is 9.95. The minimum absolute atomic E-state index is 0.124. The molecule has 2 aromatic carbocycles. The van der Waals surface area contributed by atoms with Crippen LogP contribution in [-0.4, -0.2) is 29.6 Å². The lowest BCUT2D eigenvalue weighted by molar-refractivity contribution is 0.393. The maximum atomic E-state index is 6.72. The minimum Gasteiger partial charge on any atom is -0.397 e. The molecule has 0 aromatic heterocycles. The van der Waals surface area contributed by atoms with Crippen LogP contribution in [0.2, 0.25) is 0 Å². The Hall–Kier alpha value is -3.79. The van der Waals surface area contributed by atoms with E-state index < -0.39 is 0 Å². The highest BCUT2D eigenvalue weighted by Crippen LogP contribution is 2.44. The standard InChI is InChI=1S/C30H36N4/c1-7-9-15-27(21-33(5)6)34-23(4)29(31)28(30(34)26-13-11-10-12-14-26)22(3)32-20-25-18-16-24(8-2)17-19-25/h7,9-19,21,30H,1,4,8,20,31H2,2-3,5-6H3/b15-9-,27-21+,32-22?. The Morgan fingerprint density at radius 3 is 2.32 bits per heavy atom. The van der Waals surface area contributed by atoms with Gasteiger partial charge in [-0.1, -0.05) is 86.8 Å². The molecule has 0 amide bonds. The van der Waals surface area contributed by atoms with Crippen molar-refractivity contribution in [2.24, 2.45) is 10.7 Å². The highest BCUT2D eigenvalue weighted by atomic mass is 15.2. The summed E-state index contributed by atoms with van der Waals surface area (Å²) in [4.78, 5) is 9.17. The molecule has 0 radical (unpaired) electrons. The molecule has 34 heavy (non-hydrogen) atoms. The Morgan fingerprint density at radius 1 is 1.09 bits per heavy atom. The van der Waals surface area contributed by atoms with Gasteiger partial charge in [0.25, 0.3) is 0 Å². The molecule has 3 rings (SSSR count). The molecular weight excluding hydrogens is 416 g/mol. The summed E-state index contributed by atoms with van der Waals surface area (Å²) in [7, 11) is 4.01. The van der Waals surface area contributed by atoms with Gasteiger partial charge in [-0.15, -0.1) is 0 Å². The zero-order chi connectivity index (χ0) is 24.7. The third-order valence-corrected chi connectivity index (χ3v) is 5.93. The van der Waals surface area contributed by atoms with Crippen molar-refractivity contribution < 1.29 is 0 Å². The predicted octanol–water partition coefficient (Wildman–Crippen LogP) is 6.14. The maximum absolute atomic E-state index is 6.72. The molecule has 0 saturated heterocycles. The topological polar surface area (TPSA) is 44.9 Å². The molecule has 1 heterocycles. The number of hydrogen-bond donors (Lipinski definition) is 1. The van der Waals surface area contributed by atoms with E-state index in [-0.39, 0.29) is 6.04 Å². The van der Waals surface area contributed by atoms with E-state index in [2.05, 4.69) is 79.7 Å². The summed E-state index contributed by atoms with van der Waals surface area (Å²) in [5, 5.41) is 0. The van der Waals surface area contributed by atoms with Crippen LogP contribution in [-0.2, 0) is 13.0 Å². The van der Waals surface area contributed by atoms with E-state index in [1.165, 1.54) is 11.1 Å². The summed E-state index contributed by atoms with van der Waals surface area (Å²) in [5.41, 5.74) is 14.7. The quantitative estimate of drug-likeness (QED) is 0.367. The molecule has 0 spiro atoms. The molecule has 0 fully saturated rings. The summed E-state index contributed by atoms with van der Waals surface area (Å²) in [5.74, 6) is 0. The lowest BCUT2D eigenvalue weighted by Gasteiger charge is -2.31. The number of rotatable bonds is 9. The predicted molar refractivity (Wildman–Crippen MR) is 145 cm³/mol. The Morgan fingerprint density at radius 2 is 1.74 bits per heavy atom. The normalized spacial score (nSPS) is 17.1. The Kier molecular flexibility index (Phi) is 8.31. The number of aliphatic imine (C=N–C) groups is 1. The summed E-state index contributed by atoms with van der Waals surface area (Å²) in [6.45, 7) is 13.0. The van der Waals surface area contributed by atoms with Gasteiger partial charge in [0.1, 0.15) is 0 Å². The van der Waals surface area contributed by atoms with E-state index in [0.717, 1.165) is 34.7 Å². The summed E-state index contributed by atoms with van der Waals surface area (Å²) < 4.78 is 0. The fourth-order valence-corrected chi connectivity index (χ4v) is 4.16. The molecule has 1 atom stereocenters. The van der Waals surface area contributed by atoms with Crippen LogP contribution in [0.15, 0.2) is 120 Å². The first-order valence-electron chi connectivity index (χ1n) is 11.7. The third kappa shape index (κ3) is 5.57. The molecule has 1 aliphatic heterocycles. The summed E-state index contributed by atoms with van der Waals surface area (Å²) in [6, 6.07) is 18.9. The largest absolute Gasteiger partial charge is 0.397 e. The highest BCUT2D eigenvalue weighted by Gasteiger charge is 2.37. The van der Waals surface area contributed by atoms with Crippen LogP contribution in [0.3, 0.4) is 0 Å². The van der Waals surface area contributed by atoms with Gasteiger partial charge in [-0.2, -0.15) is 0 Å². The molecule has 0 bridgehead atoms. The van der Waals surface area contributed by atoms with Gasteiger partial charge < -0.3 is 15.5 Å². The number of aryl methyl sites for hydroxylation is 1. The van der Waals surface area contributed by atoms with Crippen molar-refractivity contribution in [3.05, 3.63) is 132 Å². The Balaban J connectivity index is 2.06. The number of nitrogens with two attached hydrogens (primary N) is 1. The number of nitrogens with zero attached hydrogens (tertiary/aromatic N) is 3. The fourth-order valence-electron chi connectivity index (χ4n) is 4.16. The number of hydrogen-bond acceptors (Lipinski definition) is 4. The molecule has 4 heteroatoms. The second kappa shape index (κ2) is 11.4. The minimum atomic E-state index is -0.124. The molecule has 2 aromatic rings. The van der Waals surface area contributed by atoms with Crippen molar-refractivity contribution in [1.82, 2.24) is 9.80 Å². The maximum Gasteiger partial charge on any atom is 0.0884 e. The van der Waals surface area contributed by atoms with E-state index in [1.54, 1.807) is 6.08 Å². The van der Waals surface area contributed by atoms with Gasteiger partial charge in [-0.25, -0.2) is 0 Å². The van der Waals surface area contributed by atoms with Crippen LogP contribution >= 0.6 is 0 Å². The second-order valence-electron chi connectivity index (χ2n) is 8.64. The molecule has 2 N–H and O–H groups in total. The first-order valence-corrected chi connectivity index (χ1v) is 11.7. The Labute approximate surface area is 204 Å². The van der Waals surface area contributed by atoms with Crippen molar-refractivity contribution >= 4 is 5.71 Å². The van der Waals surface area contributed by atoms with Crippen LogP contribution in [0, 0.1) is 0 Å². The first-order chi connectivity index (χ1) is 16.4. The van der Waals surface area contributed by atoms with E-state index in [9.17, 15) is 0 Å². The van der Waals surface area contributed by atoms with E-state index in [0.29, 0.717) is 12.2 Å². The molecule has 176 valence electrons. The van der Waals surface area contributed by atoms with Crippen LogP contribution in [0.5, 0.6) is 0 Å². The van der Waals surface area contributed by atoms with Crippen molar-refractivity contribution in [3.8, 4) is 0 Å². The summed E-state index contributed by atoms with van der Waals surface area (Å²) in [6.07, 6.45) is 8.84. The van der Waals surface area contributed by atoms with Gasteiger partial charge in [0, 0.05) is 31.6 Å². The smallest absolute Gasteiger partial charge is 0.0884 e. The average Bonchev–Trinajstić information content (AvgIpc) is 3.11. The second-order valence-corrected chi connectivity index (χ2v) is 8.64. The zero-order valence-corrected chi connectivity index (χ0v) is 20.8. The van der Waals surface area contributed by atoms with Crippen LogP contribution in [0.1, 0.15) is 36.6 Å². The van der Waals surface area contributed by atoms with Crippen LogP contribution in [0.25, 0.3) is 0 Å². The SMILES string of the molecule is C=C/C=C\C(=C/N(C)C)N1C(=C)C(N)=C(C(C)=NCc2ccc(CC)cc2)C1c1ccccc1. The van der Waals surface area contributed by atoms with Crippen LogP contribution < -0.4 is 5.73 Å². The first kappa shape index (κ1) is 24.8. The van der Waals surface area contributed by atoms with E-state index in [1.807, 2.05) is 44.1 Å². The van der Waals surface area contributed by atoms with Gasteiger partial charge in [-0.05, 0) is 36.1 Å². The van der Waals surface area contributed by atoms with Crippen LogP contribution in [0.4, 0.5) is 0 Å². The Bertz CT molecular complexity index is 1130. The van der Waals surface area contributed by atoms with Gasteiger partial charge in [0.15, 0.2) is 0 Å². The summed E-state index contributed by atoms with van der Waals surface area (Å²) >= 11 is 0. The molecule has 1 unspecified atom stereocenters. The number of benzene rings is 2. The molecule has 0 saturated carbocycles. The number of allylic oxidation sites excluding steroid dienone is 3. The molecule has 1 aliphatic rings. The molecular formula is C30H36N4. The van der Waals surface area contributed by atoms with Crippen molar-refractivity contribution in [1.29, 1.82) is 0 Å². The van der Waals surface area contributed by atoms with Gasteiger partial charge in [-0.3, -0.25) is 4.99 Å². The fraction of sp³-hybridized carbons (Fsp3) is 0.233. The van der Waals surface area contributed by atoms with E-state index in [4.69, 9.17) is 10.7 Å². The zero-order valence-electron chi connectivity index (χ0n) is 20.8. The monoisotopic (exact) mass is 452 g/mol. The average molecular weight is 453 g/mol. The van der Waals surface area contributed by atoms with Crippen molar-refractivity contribution in [2.75, 3.05) is 14.1 Å². The van der Waals surface area contributed by atoms with Crippen molar-refractivity contribution in [2.45, 2.75) is 32.9 Å².